The molecule has 0 unspecified atom stereocenters. The van der Waals surface area contributed by atoms with E-state index >= 15 is 0 Å². The van der Waals surface area contributed by atoms with Gasteiger partial charge < -0.3 is 4.74 Å². The van der Waals surface area contributed by atoms with E-state index in [2.05, 4.69) is 0 Å². The van der Waals surface area contributed by atoms with Gasteiger partial charge >= 0.3 is 5.97 Å². The molecule has 0 fully saturated rings. The van der Waals surface area contributed by atoms with Gasteiger partial charge in [0.05, 0.1) is 10.5 Å². The van der Waals surface area contributed by atoms with Crippen LogP contribution in [0, 0.1) is 17.1 Å². The molecule has 0 saturated carbocycles. The van der Waals surface area contributed by atoms with Crippen LogP contribution in [-0.2, 0) is 19.6 Å². The molecule has 0 amide bonds. The number of hydrogen-bond acceptors (Lipinski definition) is 6. The van der Waals surface area contributed by atoms with Crippen LogP contribution in [0.4, 0.5) is 4.39 Å². The van der Waals surface area contributed by atoms with Crippen LogP contribution >= 0.6 is 0 Å². The molecule has 2 rings (SSSR count). The van der Waals surface area contributed by atoms with E-state index < -0.39 is 40.7 Å². The molecule has 26 heavy (non-hydrogen) atoms. The Morgan fingerprint density at radius 2 is 1.77 bits per heavy atom. The fourth-order valence-corrected chi connectivity index (χ4v) is 3.07. The van der Waals surface area contributed by atoms with E-state index in [-0.39, 0.29) is 16.0 Å². The number of nitriles is 1. The molecule has 0 aliphatic carbocycles. The molecular weight excluding hydrogens is 363 g/mol. The third-order valence-electron chi connectivity index (χ3n) is 3.23. The Balaban J connectivity index is 1.91. The van der Waals surface area contributed by atoms with E-state index in [1.165, 1.54) is 36.4 Å². The fraction of sp³-hybridized carbons (Fsp3) is 0.118. The molecule has 2 aromatic carbocycles. The third-order valence-corrected chi connectivity index (χ3v) is 4.69. The van der Waals surface area contributed by atoms with Gasteiger partial charge in [-0.05, 0) is 36.4 Å². The maximum atomic E-state index is 12.8. The Morgan fingerprint density at radius 3 is 2.42 bits per heavy atom. The Labute approximate surface area is 149 Å². The highest BCUT2D eigenvalue weighted by Gasteiger charge is 2.20. The van der Waals surface area contributed by atoms with Crippen molar-refractivity contribution in [2.45, 2.75) is 4.90 Å². The maximum absolute atomic E-state index is 12.8. The van der Waals surface area contributed by atoms with Crippen molar-refractivity contribution in [3.8, 4) is 6.07 Å². The Bertz CT molecular complexity index is 965. The monoisotopic (exact) mass is 376 g/mol. The Morgan fingerprint density at radius 1 is 1.12 bits per heavy atom. The Kier molecular flexibility index (Phi) is 6.16. The van der Waals surface area contributed by atoms with E-state index in [1.54, 1.807) is 6.07 Å². The van der Waals surface area contributed by atoms with Crippen LogP contribution in [0.2, 0.25) is 0 Å². The number of ketones is 1. The number of ether oxygens (including phenoxy) is 1. The summed E-state index contributed by atoms with van der Waals surface area (Å²) < 4.78 is 43.8. The largest absolute Gasteiger partial charge is 0.456 e. The molecule has 2 aromatic rings. The molecular formula is C17H13FN2O5S. The Hall–Kier alpha value is -3.09. The van der Waals surface area contributed by atoms with Crippen LogP contribution in [0.3, 0.4) is 0 Å². The number of nitrogens with one attached hydrogen (secondary N) is 1. The molecule has 134 valence electrons. The number of Topliss-reactive ketones (excluding diaryl/α,β-unsaturated/α-hetero) is 1. The second-order valence-electron chi connectivity index (χ2n) is 5.02. The summed E-state index contributed by atoms with van der Waals surface area (Å²) in [6, 6.07) is 11.9. The van der Waals surface area contributed by atoms with Gasteiger partial charge in [-0.3, -0.25) is 9.59 Å². The van der Waals surface area contributed by atoms with Crippen molar-refractivity contribution in [3.63, 3.8) is 0 Å². The second-order valence-corrected chi connectivity index (χ2v) is 6.76. The average Bonchev–Trinajstić information content (AvgIpc) is 2.65. The number of carbonyl (C=O) groups excluding carboxylic acids is 2. The van der Waals surface area contributed by atoms with Gasteiger partial charge in [0, 0.05) is 5.56 Å². The van der Waals surface area contributed by atoms with Crippen LogP contribution in [0.15, 0.2) is 53.4 Å². The molecule has 1 N–H and O–H groups in total. The minimum Gasteiger partial charge on any atom is -0.456 e. The van der Waals surface area contributed by atoms with Gasteiger partial charge in [-0.25, -0.2) is 12.8 Å². The molecule has 0 radical (unpaired) electrons. The number of halogens is 1. The normalized spacial score (nSPS) is 10.8. The number of rotatable bonds is 7. The topological polar surface area (TPSA) is 113 Å². The first kappa shape index (κ1) is 19.2. The van der Waals surface area contributed by atoms with Crippen molar-refractivity contribution < 1.29 is 27.1 Å². The van der Waals surface area contributed by atoms with Crippen molar-refractivity contribution in [1.29, 1.82) is 5.26 Å². The second kappa shape index (κ2) is 8.33. The van der Waals surface area contributed by atoms with Gasteiger partial charge in [0.2, 0.25) is 10.0 Å². The third kappa shape index (κ3) is 4.95. The van der Waals surface area contributed by atoms with E-state index in [1.807, 2.05) is 4.72 Å². The molecule has 7 nitrogen and oxygen atoms in total. The van der Waals surface area contributed by atoms with Gasteiger partial charge in [-0.2, -0.15) is 9.98 Å². The summed E-state index contributed by atoms with van der Waals surface area (Å²) in [5.74, 6) is -2.04. The number of sulfonamides is 1. The fourth-order valence-electron chi connectivity index (χ4n) is 1.94. The lowest BCUT2D eigenvalue weighted by molar-refractivity contribution is -0.141. The van der Waals surface area contributed by atoms with Gasteiger partial charge in [0.15, 0.2) is 12.4 Å². The first-order chi connectivity index (χ1) is 12.3. The SMILES string of the molecule is N#Cc1ccccc1S(=O)(=O)NCC(=O)OCC(=O)c1ccc(F)cc1. The van der Waals surface area contributed by atoms with Gasteiger partial charge in [0.25, 0.3) is 0 Å². The number of carbonyl (C=O) groups is 2. The smallest absolute Gasteiger partial charge is 0.321 e. The van der Waals surface area contributed by atoms with Crippen LogP contribution in [0.1, 0.15) is 15.9 Å². The highest BCUT2D eigenvalue weighted by Crippen LogP contribution is 2.13. The summed E-state index contributed by atoms with van der Waals surface area (Å²) in [7, 11) is -4.09. The average molecular weight is 376 g/mol. The van der Waals surface area contributed by atoms with Crippen molar-refractivity contribution >= 4 is 21.8 Å². The maximum Gasteiger partial charge on any atom is 0.321 e. The van der Waals surface area contributed by atoms with Crippen LogP contribution in [0.5, 0.6) is 0 Å². The van der Waals surface area contributed by atoms with Crippen LogP contribution < -0.4 is 4.72 Å². The predicted molar refractivity (Wildman–Crippen MR) is 88.0 cm³/mol. The molecule has 9 heteroatoms. The minimum atomic E-state index is -4.09. The first-order valence-electron chi connectivity index (χ1n) is 7.26. The van der Waals surface area contributed by atoms with Crippen molar-refractivity contribution in [2.24, 2.45) is 0 Å². The summed E-state index contributed by atoms with van der Waals surface area (Å²) in [5.41, 5.74) is 0.0857. The van der Waals surface area contributed by atoms with Gasteiger partial charge in [0.1, 0.15) is 18.4 Å². The molecule has 0 spiro atoms. The summed E-state index contributed by atoms with van der Waals surface area (Å²) in [4.78, 5) is 23.2. The predicted octanol–water partition coefficient (Wildman–Crippen LogP) is 1.40. The summed E-state index contributed by atoms with van der Waals surface area (Å²) in [6.45, 7) is -1.32. The van der Waals surface area contributed by atoms with E-state index in [4.69, 9.17) is 10.00 Å². The molecule has 0 aromatic heterocycles. The lowest BCUT2D eigenvalue weighted by atomic mass is 10.1. The number of esters is 1. The molecule has 0 heterocycles. The van der Waals surface area contributed by atoms with E-state index in [9.17, 15) is 22.4 Å². The summed E-state index contributed by atoms with van der Waals surface area (Å²) in [6.07, 6.45) is 0. The zero-order valence-corrected chi connectivity index (χ0v) is 14.1. The highest BCUT2D eigenvalue weighted by atomic mass is 32.2. The van der Waals surface area contributed by atoms with Crippen LogP contribution in [0.25, 0.3) is 0 Å². The highest BCUT2D eigenvalue weighted by molar-refractivity contribution is 7.89. The lowest BCUT2D eigenvalue weighted by Crippen LogP contribution is -2.32. The van der Waals surface area contributed by atoms with Gasteiger partial charge in [-0.1, -0.05) is 12.1 Å². The standard InChI is InChI=1S/C17H13FN2O5S/c18-14-7-5-12(6-8-14)15(21)11-25-17(22)10-20-26(23,24)16-4-2-1-3-13(16)9-19/h1-8,20H,10-11H2. The molecule has 0 bridgehead atoms. The van der Waals surface area contributed by atoms with E-state index in [0.717, 1.165) is 12.1 Å². The molecule has 0 aliphatic heterocycles. The lowest BCUT2D eigenvalue weighted by Gasteiger charge is -2.08. The van der Waals surface area contributed by atoms with Crippen LogP contribution in [-0.4, -0.2) is 33.3 Å². The van der Waals surface area contributed by atoms with Crippen molar-refractivity contribution in [2.75, 3.05) is 13.2 Å². The molecule has 0 aliphatic rings. The quantitative estimate of drug-likeness (QED) is 0.577. The molecule has 0 saturated heterocycles. The molecule has 0 atom stereocenters. The number of benzene rings is 2. The minimum absolute atomic E-state index is 0.0696. The zero-order chi connectivity index (χ0) is 19.2. The van der Waals surface area contributed by atoms with Crippen molar-refractivity contribution in [3.05, 3.63) is 65.5 Å². The first-order valence-corrected chi connectivity index (χ1v) is 8.75. The summed E-state index contributed by atoms with van der Waals surface area (Å²) >= 11 is 0. The van der Waals surface area contributed by atoms with Gasteiger partial charge in [-0.15, -0.1) is 0 Å². The number of hydrogen-bond donors (Lipinski definition) is 1. The van der Waals surface area contributed by atoms with E-state index in [0.29, 0.717) is 0 Å². The summed E-state index contributed by atoms with van der Waals surface area (Å²) in [5, 5.41) is 8.94. The zero-order valence-electron chi connectivity index (χ0n) is 13.3. The number of nitrogens with zero attached hydrogens (tertiary/aromatic N) is 1. The van der Waals surface area contributed by atoms with Crippen molar-refractivity contribution in [1.82, 2.24) is 4.72 Å².